The van der Waals surface area contributed by atoms with Crippen molar-refractivity contribution in [3.63, 3.8) is 0 Å². The van der Waals surface area contributed by atoms with Crippen LogP contribution < -0.4 is 10.1 Å². The molecule has 2 heterocycles. The van der Waals surface area contributed by atoms with E-state index in [1.54, 1.807) is 38.2 Å². The van der Waals surface area contributed by atoms with Gasteiger partial charge in [0.05, 0.1) is 38.8 Å². The monoisotopic (exact) mass is 428 g/mol. The molecule has 0 bridgehead atoms. The van der Waals surface area contributed by atoms with Crippen molar-refractivity contribution in [1.29, 1.82) is 0 Å². The number of ether oxygens (including phenoxy) is 3. The van der Waals surface area contributed by atoms with Crippen LogP contribution in [0.2, 0.25) is 0 Å². The van der Waals surface area contributed by atoms with Crippen LogP contribution in [0.5, 0.6) is 11.6 Å². The first-order valence-corrected chi connectivity index (χ1v) is 9.69. The van der Waals surface area contributed by atoms with E-state index in [-0.39, 0.29) is 31.3 Å². The van der Waals surface area contributed by atoms with Gasteiger partial charge >= 0.3 is 12.1 Å². The second kappa shape index (κ2) is 9.33. The second-order valence-corrected chi connectivity index (χ2v) is 6.60. The molecule has 0 saturated heterocycles. The average Bonchev–Trinajstić information content (AvgIpc) is 3.08. The molecule has 2 N–H and O–H groups in total. The van der Waals surface area contributed by atoms with Crippen LogP contribution in [0.1, 0.15) is 19.5 Å². The number of nitrogens with one attached hydrogen (secondary N) is 1. The summed E-state index contributed by atoms with van der Waals surface area (Å²) < 4.78 is 16.9. The van der Waals surface area contributed by atoms with E-state index in [0.29, 0.717) is 16.5 Å². The molecular formula is C21H24N4O6. The minimum atomic E-state index is -1.80. The molecule has 1 aromatic carbocycles. The summed E-state index contributed by atoms with van der Waals surface area (Å²) in [7, 11) is 1.53. The van der Waals surface area contributed by atoms with Gasteiger partial charge in [-0.15, -0.1) is 0 Å². The Morgan fingerprint density at radius 3 is 2.61 bits per heavy atom. The van der Waals surface area contributed by atoms with Gasteiger partial charge in [0, 0.05) is 29.4 Å². The Labute approximate surface area is 178 Å². The number of carbonyl (C=O) groups is 2. The lowest BCUT2D eigenvalue weighted by Gasteiger charge is -2.31. The fraction of sp³-hybridized carbons (Fsp3) is 0.333. The lowest BCUT2D eigenvalue weighted by molar-refractivity contribution is -0.152. The zero-order chi connectivity index (χ0) is 22.4. The standard InChI is InChI=1S/C21H24N4O6/c1-4-30-19(27)21(24-20(28)31-5-2,17-11-22-8-9-23-17)13-25-12-14-6-7-15(29-3)10-16(14)18(25)26/h6-12,26H,4-5,13H2,1-3H3,(H,24,28)/t21-/m0/s1. The highest BCUT2D eigenvalue weighted by atomic mass is 16.6. The van der Waals surface area contributed by atoms with Gasteiger partial charge < -0.3 is 23.9 Å². The van der Waals surface area contributed by atoms with Crippen molar-refractivity contribution < 1.29 is 28.9 Å². The Kier molecular flexibility index (Phi) is 6.58. The van der Waals surface area contributed by atoms with Gasteiger partial charge in [0.1, 0.15) is 5.75 Å². The molecule has 10 heteroatoms. The molecule has 0 spiro atoms. The highest BCUT2D eigenvalue weighted by Gasteiger charge is 2.46. The number of amides is 1. The third kappa shape index (κ3) is 4.37. The number of esters is 1. The summed E-state index contributed by atoms with van der Waals surface area (Å²) in [5, 5.41) is 14.7. The molecule has 0 aliphatic carbocycles. The first-order valence-electron chi connectivity index (χ1n) is 9.69. The fourth-order valence-corrected chi connectivity index (χ4v) is 3.25. The summed E-state index contributed by atoms with van der Waals surface area (Å²) in [5.74, 6) is -0.314. The molecule has 0 aliphatic rings. The minimum Gasteiger partial charge on any atom is -0.497 e. The van der Waals surface area contributed by atoms with Gasteiger partial charge in [-0.1, -0.05) is 0 Å². The fourth-order valence-electron chi connectivity index (χ4n) is 3.25. The van der Waals surface area contributed by atoms with Gasteiger partial charge in [0.2, 0.25) is 5.54 Å². The number of benzene rings is 1. The van der Waals surface area contributed by atoms with E-state index in [1.165, 1.54) is 30.3 Å². The van der Waals surface area contributed by atoms with Gasteiger partial charge in [-0.25, -0.2) is 9.59 Å². The van der Waals surface area contributed by atoms with E-state index in [1.807, 2.05) is 0 Å². The largest absolute Gasteiger partial charge is 0.497 e. The molecule has 0 unspecified atom stereocenters. The first kappa shape index (κ1) is 21.9. The van der Waals surface area contributed by atoms with Crippen LogP contribution in [0, 0.1) is 0 Å². The Morgan fingerprint density at radius 2 is 1.97 bits per heavy atom. The van der Waals surface area contributed by atoms with Crippen LogP contribution >= 0.6 is 0 Å². The van der Waals surface area contributed by atoms with E-state index in [2.05, 4.69) is 15.3 Å². The highest BCUT2D eigenvalue weighted by Crippen LogP contribution is 2.33. The third-order valence-corrected chi connectivity index (χ3v) is 4.69. The number of hydrogen-bond acceptors (Lipinski definition) is 8. The summed E-state index contributed by atoms with van der Waals surface area (Å²) in [6, 6.07) is 5.20. The van der Waals surface area contributed by atoms with Crippen molar-refractivity contribution in [3.05, 3.63) is 48.7 Å². The maximum atomic E-state index is 13.2. The molecule has 1 atom stereocenters. The van der Waals surface area contributed by atoms with Crippen molar-refractivity contribution in [1.82, 2.24) is 19.9 Å². The summed E-state index contributed by atoms with van der Waals surface area (Å²) in [4.78, 5) is 33.8. The molecule has 0 aliphatic heterocycles. The van der Waals surface area contributed by atoms with Crippen LogP contribution in [0.4, 0.5) is 4.79 Å². The van der Waals surface area contributed by atoms with Crippen LogP contribution in [-0.4, -0.2) is 52.0 Å². The van der Waals surface area contributed by atoms with Crippen LogP contribution in [0.15, 0.2) is 43.0 Å². The zero-order valence-electron chi connectivity index (χ0n) is 17.5. The van der Waals surface area contributed by atoms with Gasteiger partial charge in [-0.2, -0.15) is 0 Å². The van der Waals surface area contributed by atoms with Crippen molar-refractivity contribution >= 4 is 22.8 Å². The Morgan fingerprint density at radius 1 is 1.19 bits per heavy atom. The number of aromatic nitrogens is 3. The van der Waals surface area contributed by atoms with Gasteiger partial charge in [-0.3, -0.25) is 15.3 Å². The smallest absolute Gasteiger partial charge is 0.408 e. The summed E-state index contributed by atoms with van der Waals surface area (Å²) in [6.07, 6.45) is 5.01. The molecule has 1 amide bonds. The quantitative estimate of drug-likeness (QED) is 0.524. The molecule has 3 rings (SSSR count). The number of alkyl carbamates (subject to hydrolysis) is 1. The van der Waals surface area contributed by atoms with Crippen LogP contribution in [0.25, 0.3) is 10.8 Å². The molecule has 0 radical (unpaired) electrons. The number of hydrogen-bond donors (Lipinski definition) is 2. The predicted molar refractivity (Wildman–Crippen MR) is 111 cm³/mol. The number of nitrogens with zero attached hydrogens (tertiary/aromatic N) is 3. The number of rotatable bonds is 8. The maximum absolute atomic E-state index is 13.2. The van der Waals surface area contributed by atoms with E-state index >= 15 is 0 Å². The van der Waals surface area contributed by atoms with E-state index in [0.717, 1.165) is 0 Å². The van der Waals surface area contributed by atoms with Crippen molar-refractivity contribution in [2.24, 2.45) is 0 Å². The Hall–Kier alpha value is -3.82. The maximum Gasteiger partial charge on any atom is 0.408 e. The molecule has 0 fully saturated rings. The van der Waals surface area contributed by atoms with Crippen molar-refractivity contribution in [3.8, 4) is 11.6 Å². The minimum absolute atomic E-state index is 0.0716. The molecule has 31 heavy (non-hydrogen) atoms. The van der Waals surface area contributed by atoms with E-state index in [9.17, 15) is 14.7 Å². The van der Waals surface area contributed by atoms with Crippen molar-refractivity contribution in [2.75, 3.05) is 20.3 Å². The average molecular weight is 428 g/mol. The second-order valence-electron chi connectivity index (χ2n) is 6.60. The Balaban J connectivity index is 2.15. The zero-order valence-corrected chi connectivity index (χ0v) is 17.5. The van der Waals surface area contributed by atoms with E-state index < -0.39 is 17.6 Å². The predicted octanol–water partition coefficient (Wildman–Crippen LogP) is 2.35. The van der Waals surface area contributed by atoms with Crippen molar-refractivity contribution in [2.45, 2.75) is 25.9 Å². The molecule has 3 aromatic rings. The molecular weight excluding hydrogens is 404 g/mol. The number of fused-ring (bicyclic) bond motifs is 1. The third-order valence-electron chi connectivity index (χ3n) is 4.69. The topological polar surface area (TPSA) is 125 Å². The van der Waals surface area contributed by atoms with E-state index in [4.69, 9.17) is 14.2 Å². The number of methoxy groups -OCH3 is 1. The van der Waals surface area contributed by atoms with Gasteiger partial charge in [-0.05, 0) is 32.0 Å². The van der Waals surface area contributed by atoms with Gasteiger partial charge in [0.25, 0.3) is 0 Å². The highest BCUT2D eigenvalue weighted by molar-refractivity contribution is 5.90. The van der Waals surface area contributed by atoms with Crippen LogP contribution in [-0.2, 0) is 26.4 Å². The summed E-state index contributed by atoms with van der Waals surface area (Å²) in [6.45, 7) is 3.25. The van der Waals surface area contributed by atoms with Gasteiger partial charge in [0.15, 0.2) is 5.88 Å². The SMILES string of the molecule is CCOC(=O)N[C@](Cn1cc2ccc(OC)cc2c1O)(C(=O)OCC)c1cnccn1. The lowest BCUT2D eigenvalue weighted by atomic mass is 9.95. The molecule has 0 saturated carbocycles. The first-order chi connectivity index (χ1) is 14.9. The molecule has 164 valence electrons. The summed E-state index contributed by atoms with van der Waals surface area (Å²) >= 11 is 0. The lowest BCUT2D eigenvalue weighted by Crippen LogP contribution is -2.56. The number of aromatic hydroxyl groups is 1. The summed E-state index contributed by atoms with van der Waals surface area (Å²) in [5.41, 5.74) is -1.66. The molecule has 10 nitrogen and oxygen atoms in total. The van der Waals surface area contributed by atoms with Crippen LogP contribution in [0.3, 0.4) is 0 Å². The number of carbonyl (C=O) groups excluding carboxylic acids is 2. The Bertz CT molecular complexity index is 1070. The normalized spacial score (nSPS) is 12.7. The molecule has 2 aromatic heterocycles.